The minimum Gasteiger partial charge on any atom is -0.488 e. The predicted molar refractivity (Wildman–Crippen MR) is 119 cm³/mol. The first-order chi connectivity index (χ1) is 15.0. The lowest BCUT2D eigenvalue weighted by Crippen LogP contribution is -2.38. The van der Waals surface area contributed by atoms with Gasteiger partial charge in [-0.3, -0.25) is 9.59 Å². The van der Waals surface area contributed by atoms with Gasteiger partial charge in [-0.1, -0.05) is 53.6 Å². The second kappa shape index (κ2) is 8.13. The van der Waals surface area contributed by atoms with Crippen LogP contribution in [-0.4, -0.2) is 23.0 Å². The molecule has 0 unspecified atom stereocenters. The SMILES string of the molecule is O=C1[C@H]2[C@H](C(=O)N1/N=C\c1ccccc1OCc1ccc(Cl)cc1Cl)[C@H]1C=C[C@H]2CC1. The number of halogens is 2. The molecule has 2 amide bonds. The van der Waals surface area contributed by atoms with Gasteiger partial charge in [0.25, 0.3) is 11.8 Å². The van der Waals surface area contributed by atoms with Crippen molar-refractivity contribution >= 4 is 41.2 Å². The molecule has 7 heteroatoms. The Morgan fingerprint density at radius 2 is 1.68 bits per heavy atom. The van der Waals surface area contributed by atoms with E-state index in [0.717, 1.165) is 23.4 Å². The van der Waals surface area contributed by atoms with E-state index in [1.165, 1.54) is 6.21 Å². The molecule has 2 bridgehead atoms. The highest BCUT2D eigenvalue weighted by Gasteiger charge is 2.56. The van der Waals surface area contributed by atoms with Gasteiger partial charge in [-0.2, -0.15) is 10.1 Å². The van der Waals surface area contributed by atoms with Gasteiger partial charge in [0.15, 0.2) is 0 Å². The molecule has 0 N–H and O–H groups in total. The summed E-state index contributed by atoms with van der Waals surface area (Å²) in [4.78, 5) is 25.8. The molecule has 2 aromatic rings. The van der Waals surface area contributed by atoms with Crippen molar-refractivity contribution in [3.05, 3.63) is 75.8 Å². The number of imide groups is 1. The molecule has 0 radical (unpaired) electrons. The molecule has 1 saturated carbocycles. The molecule has 3 aliphatic carbocycles. The smallest absolute Gasteiger partial charge is 0.254 e. The zero-order chi connectivity index (χ0) is 21.5. The average molecular weight is 455 g/mol. The van der Waals surface area contributed by atoms with Crippen LogP contribution in [0.25, 0.3) is 0 Å². The zero-order valence-corrected chi connectivity index (χ0v) is 18.1. The molecule has 0 spiro atoms. The van der Waals surface area contributed by atoms with E-state index in [-0.39, 0.29) is 42.1 Å². The molecule has 1 heterocycles. The lowest BCUT2D eigenvalue weighted by Gasteiger charge is -2.37. The number of hydrogen-bond donors (Lipinski definition) is 0. The Kier molecular flexibility index (Phi) is 5.32. The molecule has 1 saturated heterocycles. The van der Waals surface area contributed by atoms with Crippen molar-refractivity contribution in [2.75, 3.05) is 0 Å². The van der Waals surface area contributed by atoms with Gasteiger partial charge in [-0.15, -0.1) is 0 Å². The molecule has 6 rings (SSSR count). The number of carbonyl (C=O) groups is 2. The number of para-hydroxylation sites is 1. The van der Waals surface area contributed by atoms with E-state index in [9.17, 15) is 9.59 Å². The van der Waals surface area contributed by atoms with Crippen LogP contribution in [0, 0.1) is 23.7 Å². The van der Waals surface area contributed by atoms with E-state index in [2.05, 4.69) is 17.3 Å². The minimum absolute atomic E-state index is 0.145. The van der Waals surface area contributed by atoms with Crippen molar-refractivity contribution in [2.45, 2.75) is 19.4 Å². The Morgan fingerprint density at radius 3 is 2.32 bits per heavy atom. The van der Waals surface area contributed by atoms with Crippen LogP contribution in [-0.2, 0) is 16.2 Å². The Balaban J connectivity index is 1.34. The van der Waals surface area contributed by atoms with Gasteiger partial charge in [0.05, 0.1) is 18.1 Å². The average Bonchev–Trinajstić information content (AvgIpc) is 3.05. The Morgan fingerprint density at radius 1 is 1.00 bits per heavy atom. The third-order valence-corrected chi connectivity index (χ3v) is 6.95. The number of fused-ring (bicyclic) bond motifs is 1. The molecule has 4 aliphatic rings. The van der Waals surface area contributed by atoms with Crippen LogP contribution < -0.4 is 4.74 Å². The highest BCUT2D eigenvalue weighted by molar-refractivity contribution is 6.35. The summed E-state index contributed by atoms with van der Waals surface area (Å²) in [5.41, 5.74) is 1.47. The number of hydrogen-bond acceptors (Lipinski definition) is 4. The molecule has 2 aromatic carbocycles. The number of nitrogens with zero attached hydrogens (tertiary/aromatic N) is 2. The number of hydrazone groups is 1. The fraction of sp³-hybridized carbons (Fsp3) is 0.292. The normalized spacial score (nSPS) is 26.7. The summed E-state index contributed by atoms with van der Waals surface area (Å²) in [5.74, 6) is -0.0690. The van der Waals surface area contributed by atoms with E-state index in [4.69, 9.17) is 27.9 Å². The maximum absolute atomic E-state index is 12.9. The minimum atomic E-state index is -0.271. The molecule has 2 fully saturated rings. The van der Waals surface area contributed by atoms with E-state index in [1.54, 1.807) is 12.1 Å². The molecule has 1 aliphatic heterocycles. The molecular weight excluding hydrogens is 435 g/mol. The van der Waals surface area contributed by atoms with Gasteiger partial charge < -0.3 is 4.74 Å². The first-order valence-electron chi connectivity index (χ1n) is 10.3. The van der Waals surface area contributed by atoms with Gasteiger partial charge in [-0.25, -0.2) is 0 Å². The van der Waals surface area contributed by atoms with Crippen molar-refractivity contribution in [1.82, 2.24) is 5.01 Å². The van der Waals surface area contributed by atoms with Crippen molar-refractivity contribution in [3.63, 3.8) is 0 Å². The van der Waals surface area contributed by atoms with E-state index >= 15 is 0 Å². The molecular formula is C24H20Cl2N2O3. The number of ether oxygens (including phenoxy) is 1. The number of rotatable bonds is 5. The monoisotopic (exact) mass is 454 g/mol. The molecule has 5 nitrogen and oxygen atoms in total. The fourth-order valence-corrected chi connectivity index (χ4v) is 5.27. The zero-order valence-electron chi connectivity index (χ0n) is 16.6. The Bertz CT molecular complexity index is 1080. The summed E-state index contributed by atoms with van der Waals surface area (Å²) in [7, 11) is 0. The van der Waals surface area contributed by atoms with Crippen molar-refractivity contribution in [3.8, 4) is 5.75 Å². The van der Waals surface area contributed by atoms with E-state index < -0.39 is 0 Å². The van der Waals surface area contributed by atoms with Crippen LogP contribution in [0.1, 0.15) is 24.0 Å². The number of amides is 2. The maximum atomic E-state index is 12.9. The summed E-state index contributed by atoms with van der Waals surface area (Å²) >= 11 is 12.2. The van der Waals surface area contributed by atoms with Crippen LogP contribution >= 0.6 is 23.2 Å². The second-order valence-corrected chi connectivity index (χ2v) is 8.98. The van der Waals surface area contributed by atoms with Crippen LogP contribution in [0.2, 0.25) is 10.0 Å². The molecule has 158 valence electrons. The summed E-state index contributed by atoms with van der Waals surface area (Å²) in [6.45, 7) is 0.252. The standard InChI is InChI=1S/C24H20Cl2N2O3/c25-18-10-9-17(19(26)11-18)13-31-20-4-2-1-3-16(20)12-27-28-23(29)21-14-5-6-15(8-7-14)22(21)24(28)30/h1-6,9-12,14-15,21-22H,7-8,13H2/b27-12-/t14-,15-,21+,22+/m0/s1. The first kappa shape index (κ1) is 20.3. The molecule has 4 atom stereocenters. The number of allylic oxidation sites excluding steroid dienone is 2. The number of carbonyl (C=O) groups excluding carboxylic acids is 2. The Labute approximate surface area is 190 Å². The lowest BCUT2D eigenvalue weighted by molar-refractivity contribution is -0.140. The van der Waals surface area contributed by atoms with E-state index in [0.29, 0.717) is 21.4 Å². The largest absolute Gasteiger partial charge is 0.488 e. The molecule has 0 aromatic heterocycles. The van der Waals surface area contributed by atoms with Crippen LogP contribution in [0.4, 0.5) is 0 Å². The fourth-order valence-electron chi connectivity index (χ4n) is 4.81. The third kappa shape index (κ3) is 3.66. The van der Waals surface area contributed by atoms with Crippen molar-refractivity contribution in [1.29, 1.82) is 0 Å². The van der Waals surface area contributed by atoms with Gasteiger partial charge in [0, 0.05) is 21.2 Å². The summed E-state index contributed by atoms with van der Waals surface area (Å²) < 4.78 is 5.93. The lowest BCUT2D eigenvalue weighted by atomic mass is 9.63. The van der Waals surface area contributed by atoms with Crippen LogP contribution in [0.3, 0.4) is 0 Å². The quantitative estimate of drug-likeness (QED) is 0.358. The van der Waals surface area contributed by atoms with Crippen molar-refractivity contribution in [2.24, 2.45) is 28.8 Å². The first-order valence-corrected chi connectivity index (χ1v) is 11.0. The van der Waals surface area contributed by atoms with Crippen LogP contribution in [0.15, 0.2) is 59.7 Å². The van der Waals surface area contributed by atoms with Gasteiger partial charge in [-0.05, 0) is 48.9 Å². The van der Waals surface area contributed by atoms with E-state index in [1.807, 2.05) is 30.3 Å². The van der Waals surface area contributed by atoms with Crippen LogP contribution in [0.5, 0.6) is 5.75 Å². The van der Waals surface area contributed by atoms with Gasteiger partial charge in [0.2, 0.25) is 0 Å². The summed E-state index contributed by atoms with van der Waals surface area (Å²) in [6.07, 6.45) is 7.63. The summed E-state index contributed by atoms with van der Waals surface area (Å²) in [6, 6.07) is 12.6. The van der Waals surface area contributed by atoms with Gasteiger partial charge in [0.1, 0.15) is 12.4 Å². The Hall–Kier alpha value is -2.63. The third-order valence-electron chi connectivity index (χ3n) is 6.37. The second-order valence-electron chi connectivity index (χ2n) is 8.14. The predicted octanol–water partition coefficient (Wildman–Crippen LogP) is 5.10. The number of benzene rings is 2. The highest BCUT2D eigenvalue weighted by atomic mass is 35.5. The molecule has 31 heavy (non-hydrogen) atoms. The van der Waals surface area contributed by atoms with Crippen molar-refractivity contribution < 1.29 is 14.3 Å². The van der Waals surface area contributed by atoms with Gasteiger partial charge >= 0.3 is 0 Å². The highest BCUT2D eigenvalue weighted by Crippen LogP contribution is 2.49. The maximum Gasteiger partial charge on any atom is 0.254 e. The summed E-state index contributed by atoms with van der Waals surface area (Å²) in [5, 5.41) is 6.42. The topological polar surface area (TPSA) is 59.0 Å².